The maximum atomic E-state index is 12.7. The van der Waals surface area contributed by atoms with Crippen molar-refractivity contribution in [1.82, 2.24) is 15.1 Å². The van der Waals surface area contributed by atoms with Crippen LogP contribution in [-0.2, 0) is 22.7 Å². The molecule has 0 radical (unpaired) electrons. The highest BCUT2D eigenvalue weighted by atomic mass is 16.2. The van der Waals surface area contributed by atoms with Crippen molar-refractivity contribution in [3.05, 3.63) is 34.9 Å². The zero-order valence-corrected chi connectivity index (χ0v) is 14.3. The fourth-order valence-corrected chi connectivity index (χ4v) is 4.10. The Labute approximate surface area is 147 Å². The van der Waals surface area contributed by atoms with E-state index in [0.717, 1.165) is 25.2 Å². The molecule has 0 bridgehead atoms. The van der Waals surface area contributed by atoms with Gasteiger partial charge in [0.15, 0.2) is 0 Å². The van der Waals surface area contributed by atoms with Gasteiger partial charge in [0.1, 0.15) is 6.04 Å². The SMILES string of the molecule is O=C1CCC(N2Cc3cc(CN4CCCCC4)ccc3C2=O)C(=O)N1. The molecule has 0 aliphatic carbocycles. The summed E-state index contributed by atoms with van der Waals surface area (Å²) in [6.07, 6.45) is 4.53. The molecule has 0 aromatic heterocycles. The van der Waals surface area contributed by atoms with Gasteiger partial charge in [0.2, 0.25) is 11.8 Å². The van der Waals surface area contributed by atoms with Gasteiger partial charge < -0.3 is 4.90 Å². The first-order valence-corrected chi connectivity index (χ1v) is 9.10. The third-order valence-electron chi connectivity index (χ3n) is 5.44. The number of fused-ring (bicyclic) bond motifs is 1. The van der Waals surface area contributed by atoms with Gasteiger partial charge in [-0.2, -0.15) is 0 Å². The standard InChI is InChI=1S/C19H23N3O3/c23-17-7-6-16(18(24)20-17)22-12-14-10-13(4-5-15(14)19(22)25)11-21-8-2-1-3-9-21/h4-5,10,16H,1-3,6-9,11-12H2,(H,20,23,24). The highest BCUT2D eigenvalue weighted by molar-refractivity contribution is 6.05. The number of imide groups is 1. The highest BCUT2D eigenvalue weighted by Gasteiger charge is 2.39. The summed E-state index contributed by atoms with van der Waals surface area (Å²) in [5.41, 5.74) is 2.90. The van der Waals surface area contributed by atoms with E-state index in [-0.39, 0.29) is 24.1 Å². The van der Waals surface area contributed by atoms with E-state index >= 15 is 0 Å². The summed E-state index contributed by atoms with van der Waals surface area (Å²) in [7, 11) is 0. The minimum Gasteiger partial charge on any atom is -0.322 e. The van der Waals surface area contributed by atoms with Crippen molar-refractivity contribution >= 4 is 17.7 Å². The molecule has 1 aromatic rings. The van der Waals surface area contributed by atoms with E-state index in [9.17, 15) is 14.4 Å². The van der Waals surface area contributed by atoms with Gasteiger partial charge in [0, 0.05) is 25.1 Å². The van der Waals surface area contributed by atoms with E-state index in [1.165, 1.54) is 24.8 Å². The first kappa shape index (κ1) is 16.3. The van der Waals surface area contributed by atoms with Gasteiger partial charge in [0.05, 0.1) is 0 Å². The second-order valence-corrected chi connectivity index (χ2v) is 7.23. The molecular weight excluding hydrogens is 318 g/mol. The second-order valence-electron chi connectivity index (χ2n) is 7.23. The molecule has 1 atom stereocenters. The molecule has 3 aliphatic rings. The molecule has 4 rings (SSSR count). The highest BCUT2D eigenvalue weighted by Crippen LogP contribution is 2.28. The maximum absolute atomic E-state index is 12.7. The lowest BCUT2D eigenvalue weighted by atomic mass is 10.0. The van der Waals surface area contributed by atoms with Crippen LogP contribution in [0, 0.1) is 0 Å². The molecule has 3 aliphatic heterocycles. The number of piperidine rings is 2. The van der Waals surface area contributed by atoms with Crippen LogP contribution in [0.3, 0.4) is 0 Å². The predicted molar refractivity (Wildman–Crippen MR) is 91.6 cm³/mol. The number of likely N-dealkylation sites (tertiary alicyclic amines) is 1. The van der Waals surface area contributed by atoms with Gasteiger partial charge in [0.25, 0.3) is 5.91 Å². The Morgan fingerprint density at radius 3 is 2.64 bits per heavy atom. The van der Waals surface area contributed by atoms with Crippen molar-refractivity contribution in [3.8, 4) is 0 Å². The van der Waals surface area contributed by atoms with E-state index in [4.69, 9.17) is 0 Å². The third kappa shape index (κ3) is 3.18. The zero-order chi connectivity index (χ0) is 17.4. The first-order valence-electron chi connectivity index (χ1n) is 9.10. The average molecular weight is 341 g/mol. The number of rotatable bonds is 3. The topological polar surface area (TPSA) is 69.7 Å². The molecule has 2 saturated heterocycles. The molecule has 2 fully saturated rings. The van der Waals surface area contributed by atoms with Crippen LogP contribution in [0.4, 0.5) is 0 Å². The Balaban J connectivity index is 1.49. The quantitative estimate of drug-likeness (QED) is 0.845. The van der Waals surface area contributed by atoms with Crippen LogP contribution in [-0.4, -0.2) is 46.7 Å². The average Bonchev–Trinajstić information content (AvgIpc) is 2.92. The van der Waals surface area contributed by atoms with Crippen molar-refractivity contribution in [2.75, 3.05) is 13.1 Å². The number of hydrogen-bond acceptors (Lipinski definition) is 4. The summed E-state index contributed by atoms with van der Waals surface area (Å²) in [4.78, 5) is 40.2. The Morgan fingerprint density at radius 2 is 1.88 bits per heavy atom. The van der Waals surface area contributed by atoms with Gasteiger partial charge in [-0.05, 0) is 49.5 Å². The van der Waals surface area contributed by atoms with Crippen LogP contribution in [0.15, 0.2) is 18.2 Å². The van der Waals surface area contributed by atoms with Gasteiger partial charge in [-0.3, -0.25) is 24.6 Å². The van der Waals surface area contributed by atoms with E-state index in [0.29, 0.717) is 18.5 Å². The molecule has 0 saturated carbocycles. The van der Waals surface area contributed by atoms with Crippen LogP contribution in [0.25, 0.3) is 0 Å². The normalized spacial score (nSPS) is 24.4. The smallest absolute Gasteiger partial charge is 0.255 e. The largest absolute Gasteiger partial charge is 0.322 e. The Morgan fingerprint density at radius 1 is 1.08 bits per heavy atom. The Kier molecular flexibility index (Phi) is 4.29. The van der Waals surface area contributed by atoms with E-state index in [1.54, 1.807) is 4.90 Å². The maximum Gasteiger partial charge on any atom is 0.255 e. The lowest BCUT2D eigenvalue weighted by Gasteiger charge is -2.29. The number of carbonyl (C=O) groups is 3. The lowest BCUT2D eigenvalue weighted by Crippen LogP contribution is -2.52. The molecule has 3 amide bonds. The number of benzene rings is 1. The predicted octanol–water partition coefficient (Wildman–Crippen LogP) is 1.43. The summed E-state index contributed by atoms with van der Waals surface area (Å²) in [5.74, 6) is -0.714. The van der Waals surface area contributed by atoms with Gasteiger partial charge in [-0.15, -0.1) is 0 Å². The minimum absolute atomic E-state index is 0.103. The molecule has 1 aromatic carbocycles. The van der Waals surface area contributed by atoms with Crippen LogP contribution in [0.5, 0.6) is 0 Å². The molecule has 1 unspecified atom stereocenters. The van der Waals surface area contributed by atoms with Gasteiger partial charge in [-0.25, -0.2) is 0 Å². The monoisotopic (exact) mass is 341 g/mol. The fourth-order valence-electron chi connectivity index (χ4n) is 4.10. The summed E-state index contributed by atoms with van der Waals surface area (Å²) in [6.45, 7) is 3.64. The third-order valence-corrected chi connectivity index (χ3v) is 5.44. The number of amides is 3. The molecule has 6 heteroatoms. The van der Waals surface area contributed by atoms with E-state index in [1.807, 2.05) is 12.1 Å². The zero-order valence-electron chi connectivity index (χ0n) is 14.3. The lowest BCUT2D eigenvalue weighted by molar-refractivity contribution is -0.136. The second kappa shape index (κ2) is 6.59. The summed E-state index contributed by atoms with van der Waals surface area (Å²) >= 11 is 0. The van der Waals surface area contributed by atoms with Crippen molar-refractivity contribution in [2.24, 2.45) is 0 Å². The van der Waals surface area contributed by atoms with Crippen molar-refractivity contribution in [2.45, 2.75) is 51.2 Å². The van der Waals surface area contributed by atoms with E-state index < -0.39 is 6.04 Å². The number of nitrogens with zero attached hydrogens (tertiary/aromatic N) is 2. The van der Waals surface area contributed by atoms with Crippen LogP contribution in [0.1, 0.15) is 53.6 Å². The number of hydrogen-bond donors (Lipinski definition) is 1. The number of nitrogens with one attached hydrogen (secondary N) is 1. The van der Waals surface area contributed by atoms with Crippen LogP contribution in [0.2, 0.25) is 0 Å². The summed E-state index contributed by atoms with van der Waals surface area (Å²) in [5, 5.41) is 2.34. The molecule has 1 N–H and O–H groups in total. The summed E-state index contributed by atoms with van der Waals surface area (Å²) < 4.78 is 0. The van der Waals surface area contributed by atoms with Crippen LogP contribution < -0.4 is 5.32 Å². The van der Waals surface area contributed by atoms with Gasteiger partial charge >= 0.3 is 0 Å². The van der Waals surface area contributed by atoms with E-state index in [2.05, 4.69) is 16.3 Å². The summed E-state index contributed by atoms with van der Waals surface area (Å²) in [6, 6.07) is 5.48. The molecule has 25 heavy (non-hydrogen) atoms. The Hall–Kier alpha value is -2.21. The van der Waals surface area contributed by atoms with Crippen molar-refractivity contribution in [1.29, 1.82) is 0 Å². The van der Waals surface area contributed by atoms with Gasteiger partial charge in [-0.1, -0.05) is 18.6 Å². The van der Waals surface area contributed by atoms with Crippen molar-refractivity contribution < 1.29 is 14.4 Å². The number of carbonyl (C=O) groups excluding carboxylic acids is 3. The molecule has 6 nitrogen and oxygen atoms in total. The van der Waals surface area contributed by atoms with Crippen molar-refractivity contribution in [3.63, 3.8) is 0 Å². The molecule has 0 spiro atoms. The minimum atomic E-state index is -0.539. The molecule has 3 heterocycles. The Bertz CT molecular complexity index is 725. The molecule has 132 valence electrons. The fraction of sp³-hybridized carbons (Fsp3) is 0.526. The van der Waals surface area contributed by atoms with Crippen LogP contribution >= 0.6 is 0 Å². The first-order chi connectivity index (χ1) is 12.1. The molecular formula is C19H23N3O3.